The van der Waals surface area contributed by atoms with Crippen LogP contribution in [0.25, 0.3) is 0 Å². The van der Waals surface area contributed by atoms with Gasteiger partial charge in [-0.15, -0.1) is 0 Å². The third kappa shape index (κ3) is 7.77. The van der Waals surface area contributed by atoms with Crippen molar-refractivity contribution in [1.29, 1.82) is 0 Å². The number of hydrogen-bond acceptors (Lipinski definition) is 7. The summed E-state index contributed by atoms with van der Waals surface area (Å²) in [6, 6.07) is 10.0. The zero-order valence-corrected chi connectivity index (χ0v) is 19.1. The number of nitrogens with zero attached hydrogens (tertiary/aromatic N) is 1. The Balaban J connectivity index is 2.04. The van der Waals surface area contributed by atoms with Crippen molar-refractivity contribution in [2.75, 3.05) is 26.4 Å². The molecule has 0 radical (unpaired) electrons. The number of halogens is 1. The van der Waals surface area contributed by atoms with Crippen LogP contribution < -0.4 is 19.6 Å². The lowest BCUT2D eigenvalue weighted by atomic mass is 10.2. The summed E-state index contributed by atoms with van der Waals surface area (Å²) < 4.78 is 21.4. The van der Waals surface area contributed by atoms with Crippen molar-refractivity contribution in [3.8, 4) is 17.2 Å². The van der Waals surface area contributed by atoms with E-state index in [0.29, 0.717) is 35.8 Å². The minimum Gasteiger partial charge on any atom is -0.494 e. The Kier molecular flexibility index (Phi) is 10.3. The topological polar surface area (TPSA) is 95.5 Å². The van der Waals surface area contributed by atoms with Gasteiger partial charge in [0.2, 0.25) is 0 Å². The molecule has 0 atom stereocenters. The van der Waals surface area contributed by atoms with Crippen molar-refractivity contribution in [3.05, 3.63) is 52.5 Å². The van der Waals surface area contributed by atoms with E-state index in [2.05, 4.69) is 10.5 Å². The maximum absolute atomic E-state index is 12.3. The smallest absolute Gasteiger partial charge is 0.344 e. The Labute approximate surface area is 192 Å². The Hall–Kier alpha value is -3.26. The predicted molar refractivity (Wildman–Crippen MR) is 122 cm³/mol. The minimum absolute atomic E-state index is 0.230. The van der Waals surface area contributed by atoms with Gasteiger partial charge in [0.05, 0.1) is 31.1 Å². The largest absolute Gasteiger partial charge is 0.494 e. The highest BCUT2D eigenvalue weighted by Crippen LogP contribution is 2.36. The van der Waals surface area contributed by atoms with Crippen LogP contribution in [0.5, 0.6) is 17.2 Å². The van der Waals surface area contributed by atoms with Gasteiger partial charge < -0.3 is 18.9 Å². The molecule has 0 aliphatic carbocycles. The van der Waals surface area contributed by atoms with Crippen LogP contribution in [-0.2, 0) is 9.53 Å². The monoisotopic (exact) mass is 462 g/mol. The van der Waals surface area contributed by atoms with Crippen LogP contribution in [0.4, 0.5) is 0 Å². The molecule has 2 rings (SSSR count). The molecule has 0 aromatic heterocycles. The van der Waals surface area contributed by atoms with Crippen molar-refractivity contribution in [2.45, 2.75) is 27.2 Å². The average Bonchev–Trinajstić information content (AvgIpc) is 2.78. The van der Waals surface area contributed by atoms with Gasteiger partial charge in [-0.1, -0.05) is 18.5 Å². The summed E-state index contributed by atoms with van der Waals surface area (Å²) in [6.45, 7) is 6.49. The molecule has 0 saturated carbocycles. The van der Waals surface area contributed by atoms with Crippen molar-refractivity contribution in [1.82, 2.24) is 5.43 Å². The highest BCUT2D eigenvalue weighted by molar-refractivity contribution is 6.32. The zero-order chi connectivity index (χ0) is 23.3. The number of benzene rings is 2. The van der Waals surface area contributed by atoms with Crippen molar-refractivity contribution < 1.29 is 28.5 Å². The van der Waals surface area contributed by atoms with Gasteiger partial charge in [0.25, 0.3) is 5.91 Å². The number of rotatable bonds is 12. The molecule has 0 bridgehead atoms. The first kappa shape index (κ1) is 25.0. The summed E-state index contributed by atoms with van der Waals surface area (Å²) in [5, 5.41) is 4.21. The van der Waals surface area contributed by atoms with E-state index < -0.39 is 5.97 Å². The second-order valence-corrected chi connectivity index (χ2v) is 6.84. The van der Waals surface area contributed by atoms with Crippen LogP contribution >= 0.6 is 11.6 Å². The molecule has 0 heterocycles. The fourth-order valence-electron chi connectivity index (χ4n) is 2.55. The highest BCUT2D eigenvalue weighted by atomic mass is 35.5. The summed E-state index contributed by atoms with van der Waals surface area (Å²) >= 11 is 6.30. The first-order valence-corrected chi connectivity index (χ1v) is 10.7. The van der Waals surface area contributed by atoms with Gasteiger partial charge in [0, 0.05) is 5.56 Å². The van der Waals surface area contributed by atoms with E-state index in [1.165, 1.54) is 6.21 Å². The van der Waals surface area contributed by atoms with Crippen molar-refractivity contribution >= 4 is 29.7 Å². The van der Waals surface area contributed by atoms with Crippen molar-refractivity contribution in [3.63, 3.8) is 0 Å². The standard InChI is InChI=1S/C23H27ClN2O6/c1-4-11-31-18-9-7-17(8-10-18)23(28)26-25-14-16-12-19(24)22(20(13-16)29-5-2)32-15-21(27)30-6-3/h7-10,12-14H,4-6,11,15H2,1-3H3,(H,26,28)/b25-14-. The Morgan fingerprint density at radius 3 is 2.44 bits per heavy atom. The van der Waals surface area contributed by atoms with Crippen LogP contribution in [0.3, 0.4) is 0 Å². The van der Waals surface area contributed by atoms with E-state index in [9.17, 15) is 9.59 Å². The van der Waals surface area contributed by atoms with E-state index in [1.54, 1.807) is 43.3 Å². The molecule has 32 heavy (non-hydrogen) atoms. The number of esters is 1. The van der Waals surface area contributed by atoms with Crippen LogP contribution in [0.2, 0.25) is 5.02 Å². The maximum Gasteiger partial charge on any atom is 0.344 e. The Morgan fingerprint density at radius 1 is 1.03 bits per heavy atom. The Morgan fingerprint density at radius 2 is 1.78 bits per heavy atom. The molecular weight excluding hydrogens is 436 g/mol. The lowest BCUT2D eigenvalue weighted by Gasteiger charge is -2.14. The minimum atomic E-state index is -0.510. The van der Waals surface area contributed by atoms with Gasteiger partial charge in [-0.05, 0) is 62.2 Å². The number of carbonyl (C=O) groups excluding carboxylic acids is 2. The number of hydrazone groups is 1. The van der Waals surface area contributed by atoms with Gasteiger partial charge in [-0.2, -0.15) is 5.10 Å². The van der Waals surface area contributed by atoms with E-state index in [1.807, 2.05) is 13.8 Å². The molecule has 0 aliphatic heterocycles. The number of ether oxygens (including phenoxy) is 4. The van der Waals surface area contributed by atoms with E-state index >= 15 is 0 Å². The molecule has 9 heteroatoms. The molecule has 8 nitrogen and oxygen atoms in total. The number of amides is 1. The zero-order valence-electron chi connectivity index (χ0n) is 18.4. The maximum atomic E-state index is 12.3. The SMILES string of the molecule is CCCOc1ccc(C(=O)N/N=C\c2cc(Cl)c(OCC(=O)OCC)c(OCC)c2)cc1. The summed E-state index contributed by atoms with van der Waals surface area (Å²) in [6.07, 6.45) is 2.34. The molecular formula is C23H27ClN2O6. The molecule has 1 N–H and O–H groups in total. The molecule has 0 fully saturated rings. The number of nitrogens with one attached hydrogen (secondary N) is 1. The van der Waals surface area contributed by atoms with Crippen LogP contribution in [-0.4, -0.2) is 44.5 Å². The highest BCUT2D eigenvalue weighted by Gasteiger charge is 2.14. The normalized spacial score (nSPS) is 10.6. The van der Waals surface area contributed by atoms with Gasteiger partial charge in [0.15, 0.2) is 18.1 Å². The lowest BCUT2D eigenvalue weighted by Crippen LogP contribution is -2.17. The molecule has 2 aromatic carbocycles. The second-order valence-electron chi connectivity index (χ2n) is 6.43. The quantitative estimate of drug-likeness (QED) is 0.288. The fraction of sp³-hybridized carbons (Fsp3) is 0.348. The molecule has 0 saturated heterocycles. The van der Waals surface area contributed by atoms with E-state index in [-0.39, 0.29) is 29.9 Å². The summed E-state index contributed by atoms with van der Waals surface area (Å²) in [4.78, 5) is 23.8. The first-order valence-electron chi connectivity index (χ1n) is 10.3. The predicted octanol–water partition coefficient (Wildman–Crippen LogP) is 4.23. The van der Waals surface area contributed by atoms with Crippen LogP contribution in [0, 0.1) is 0 Å². The molecule has 0 spiro atoms. The summed E-state index contributed by atoms with van der Waals surface area (Å²) in [7, 11) is 0. The number of carbonyl (C=O) groups is 2. The lowest BCUT2D eigenvalue weighted by molar-refractivity contribution is -0.145. The summed E-state index contributed by atoms with van der Waals surface area (Å²) in [5.74, 6) is 0.404. The van der Waals surface area contributed by atoms with Gasteiger partial charge in [-0.25, -0.2) is 10.2 Å². The molecule has 1 amide bonds. The van der Waals surface area contributed by atoms with E-state index in [0.717, 1.165) is 6.42 Å². The van der Waals surface area contributed by atoms with Crippen LogP contribution in [0.15, 0.2) is 41.5 Å². The van der Waals surface area contributed by atoms with Gasteiger partial charge in [-0.3, -0.25) is 4.79 Å². The Bertz CT molecular complexity index is 931. The average molecular weight is 463 g/mol. The van der Waals surface area contributed by atoms with Gasteiger partial charge >= 0.3 is 5.97 Å². The van der Waals surface area contributed by atoms with Crippen molar-refractivity contribution in [2.24, 2.45) is 5.10 Å². The molecule has 2 aromatic rings. The number of hydrogen-bond donors (Lipinski definition) is 1. The van der Waals surface area contributed by atoms with Crippen LogP contribution in [0.1, 0.15) is 43.1 Å². The van der Waals surface area contributed by atoms with E-state index in [4.69, 9.17) is 30.5 Å². The summed E-state index contributed by atoms with van der Waals surface area (Å²) in [5.41, 5.74) is 3.48. The molecule has 172 valence electrons. The first-order chi connectivity index (χ1) is 15.5. The molecule has 0 unspecified atom stereocenters. The fourth-order valence-corrected chi connectivity index (χ4v) is 2.83. The third-order valence-electron chi connectivity index (χ3n) is 3.94. The molecule has 0 aliphatic rings. The van der Waals surface area contributed by atoms with Gasteiger partial charge in [0.1, 0.15) is 5.75 Å². The second kappa shape index (κ2) is 13.2. The third-order valence-corrected chi connectivity index (χ3v) is 4.22.